The number of amides is 1. The van der Waals surface area contributed by atoms with Gasteiger partial charge in [-0.05, 0) is 92.0 Å². The van der Waals surface area contributed by atoms with Crippen molar-refractivity contribution in [2.75, 3.05) is 25.2 Å². The van der Waals surface area contributed by atoms with Crippen LogP contribution in [0.3, 0.4) is 0 Å². The summed E-state index contributed by atoms with van der Waals surface area (Å²) in [5.74, 6) is -0.678. The van der Waals surface area contributed by atoms with E-state index in [1.54, 1.807) is 11.8 Å². The number of carbonyl (C=O) groups excluding carboxylic acids is 1. The molecule has 2 aromatic rings. The van der Waals surface area contributed by atoms with E-state index in [2.05, 4.69) is 16.3 Å². The summed E-state index contributed by atoms with van der Waals surface area (Å²) in [4.78, 5) is 27.7. The second kappa shape index (κ2) is 14.2. The minimum atomic E-state index is -1.00. The average Bonchev–Trinajstić information content (AvgIpc) is 3.37. The third kappa shape index (κ3) is 7.61. The Hall–Kier alpha value is -2.35. The first-order valence-corrected chi connectivity index (χ1v) is 15.4. The van der Waals surface area contributed by atoms with E-state index in [1.807, 2.05) is 49.6 Å². The second-order valence-corrected chi connectivity index (χ2v) is 11.7. The maximum atomic E-state index is 13.4. The fourth-order valence-corrected chi connectivity index (χ4v) is 6.19. The molecule has 2 aliphatic rings. The number of rotatable bonds is 12. The molecule has 206 valence electrons. The van der Waals surface area contributed by atoms with E-state index in [1.165, 1.54) is 38.5 Å². The number of aliphatic carboxylic acids is 1. The van der Waals surface area contributed by atoms with Crippen LogP contribution in [0.25, 0.3) is 11.1 Å². The highest BCUT2D eigenvalue weighted by atomic mass is 32.2. The number of carbonyl (C=O) groups is 2. The van der Waals surface area contributed by atoms with Crippen LogP contribution in [-0.4, -0.2) is 65.2 Å². The Morgan fingerprint density at radius 3 is 2.61 bits per heavy atom. The van der Waals surface area contributed by atoms with E-state index in [-0.39, 0.29) is 5.91 Å². The third-order valence-electron chi connectivity index (χ3n) is 7.94. The Morgan fingerprint density at radius 2 is 1.87 bits per heavy atom. The molecule has 6 nitrogen and oxygen atoms in total. The van der Waals surface area contributed by atoms with E-state index in [0.29, 0.717) is 29.9 Å². The van der Waals surface area contributed by atoms with Gasteiger partial charge in [0.25, 0.3) is 5.91 Å². The van der Waals surface area contributed by atoms with Gasteiger partial charge in [-0.25, -0.2) is 4.79 Å². The lowest BCUT2D eigenvalue weighted by molar-refractivity contribution is -0.139. The highest BCUT2D eigenvalue weighted by molar-refractivity contribution is 7.98. The maximum absolute atomic E-state index is 13.4. The topological polar surface area (TPSA) is 78.9 Å². The number of benzene rings is 2. The van der Waals surface area contributed by atoms with Gasteiger partial charge < -0.3 is 15.2 Å². The van der Waals surface area contributed by atoms with Crippen molar-refractivity contribution in [3.05, 3.63) is 59.2 Å². The summed E-state index contributed by atoms with van der Waals surface area (Å²) in [5, 5.41) is 12.4. The summed E-state index contributed by atoms with van der Waals surface area (Å²) in [6.45, 7) is 4.70. The molecule has 1 amide bonds. The highest BCUT2D eigenvalue weighted by Gasteiger charge is 2.27. The van der Waals surface area contributed by atoms with E-state index in [9.17, 15) is 14.7 Å². The normalized spacial score (nSPS) is 19.4. The molecule has 38 heavy (non-hydrogen) atoms. The highest BCUT2D eigenvalue weighted by Crippen LogP contribution is 2.30. The number of aryl methyl sites for hydroxylation is 1. The molecule has 1 heterocycles. The molecule has 1 saturated carbocycles. The van der Waals surface area contributed by atoms with Crippen molar-refractivity contribution in [1.82, 2.24) is 10.2 Å². The van der Waals surface area contributed by atoms with E-state index in [0.717, 1.165) is 48.4 Å². The predicted octanol–water partition coefficient (Wildman–Crippen LogP) is 5.91. The first kappa shape index (κ1) is 28.7. The molecule has 0 spiro atoms. The number of carboxylic acid groups (broad SMARTS) is 1. The number of nitrogens with one attached hydrogen (secondary N) is 1. The molecule has 2 aromatic carbocycles. The number of likely N-dealkylation sites (tertiary alicyclic amines) is 1. The molecule has 2 fully saturated rings. The Balaban J connectivity index is 1.53. The third-order valence-corrected chi connectivity index (χ3v) is 8.58. The summed E-state index contributed by atoms with van der Waals surface area (Å²) in [6.07, 6.45) is 11.4. The van der Waals surface area contributed by atoms with Crippen LogP contribution >= 0.6 is 11.8 Å². The van der Waals surface area contributed by atoms with Crippen molar-refractivity contribution >= 4 is 23.6 Å². The maximum Gasteiger partial charge on any atom is 0.326 e. The fraction of sp³-hybridized carbons (Fsp3) is 0.548. The molecule has 2 atom stereocenters. The van der Waals surface area contributed by atoms with Crippen molar-refractivity contribution in [2.24, 2.45) is 0 Å². The van der Waals surface area contributed by atoms with Gasteiger partial charge in [-0.1, -0.05) is 49.6 Å². The van der Waals surface area contributed by atoms with Crippen molar-refractivity contribution in [2.45, 2.75) is 83.0 Å². The van der Waals surface area contributed by atoms with Crippen molar-refractivity contribution in [3.63, 3.8) is 0 Å². The van der Waals surface area contributed by atoms with Gasteiger partial charge in [0.1, 0.15) is 6.04 Å². The molecule has 0 aromatic heterocycles. The minimum absolute atomic E-state index is 0.344. The zero-order valence-corrected chi connectivity index (χ0v) is 23.6. The number of nitrogens with zero attached hydrogens (tertiary/aromatic N) is 1. The first-order valence-electron chi connectivity index (χ1n) is 14.0. The number of thioether (sulfide) groups is 1. The zero-order valence-electron chi connectivity index (χ0n) is 22.8. The monoisotopic (exact) mass is 538 g/mol. The molecule has 1 aliphatic carbocycles. The van der Waals surface area contributed by atoms with E-state index >= 15 is 0 Å². The Kier molecular flexibility index (Phi) is 10.7. The lowest BCUT2D eigenvalue weighted by atomic mass is 9.93. The fourth-order valence-electron chi connectivity index (χ4n) is 5.72. The van der Waals surface area contributed by atoms with E-state index in [4.69, 9.17) is 4.74 Å². The van der Waals surface area contributed by atoms with Crippen molar-refractivity contribution in [3.8, 4) is 11.1 Å². The molecule has 2 N–H and O–H groups in total. The van der Waals surface area contributed by atoms with Gasteiger partial charge in [0, 0.05) is 18.2 Å². The second-order valence-electron chi connectivity index (χ2n) is 10.7. The Morgan fingerprint density at radius 1 is 1.08 bits per heavy atom. The molecule has 0 radical (unpaired) electrons. The number of hydrogen-bond donors (Lipinski definition) is 2. The molecule has 0 bridgehead atoms. The molecule has 7 heteroatoms. The van der Waals surface area contributed by atoms with E-state index < -0.39 is 12.0 Å². The Bertz CT molecular complexity index is 1090. The van der Waals surface area contributed by atoms with Crippen LogP contribution in [0.5, 0.6) is 0 Å². The average molecular weight is 539 g/mol. The van der Waals surface area contributed by atoms with Crippen LogP contribution in [0, 0.1) is 6.92 Å². The van der Waals surface area contributed by atoms with Gasteiger partial charge in [-0.15, -0.1) is 0 Å². The number of ether oxygens (including phenoxy) is 1. The summed E-state index contributed by atoms with van der Waals surface area (Å²) >= 11 is 1.57. The largest absolute Gasteiger partial charge is 0.480 e. The lowest BCUT2D eigenvalue weighted by Crippen LogP contribution is -2.41. The lowest BCUT2D eigenvalue weighted by Gasteiger charge is -2.28. The van der Waals surface area contributed by atoms with Gasteiger partial charge in [-0.3, -0.25) is 9.69 Å². The number of hydrogen-bond acceptors (Lipinski definition) is 5. The molecule has 0 unspecified atom stereocenters. The van der Waals surface area contributed by atoms with Crippen LogP contribution in [-0.2, 0) is 16.1 Å². The van der Waals surface area contributed by atoms with Gasteiger partial charge in [-0.2, -0.15) is 11.8 Å². The minimum Gasteiger partial charge on any atom is -0.480 e. The van der Waals surface area contributed by atoms with Gasteiger partial charge in [0.2, 0.25) is 0 Å². The van der Waals surface area contributed by atoms with Crippen molar-refractivity contribution in [1.29, 1.82) is 0 Å². The predicted molar refractivity (Wildman–Crippen MR) is 155 cm³/mol. The van der Waals surface area contributed by atoms with Gasteiger partial charge >= 0.3 is 5.97 Å². The van der Waals surface area contributed by atoms with Crippen LogP contribution in [0.1, 0.15) is 72.9 Å². The van der Waals surface area contributed by atoms with Crippen LogP contribution in [0.2, 0.25) is 0 Å². The number of carboxylic acids is 1. The summed E-state index contributed by atoms with van der Waals surface area (Å²) in [6, 6.07) is 13.6. The molecule has 1 aliphatic heterocycles. The summed E-state index contributed by atoms with van der Waals surface area (Å²) in [7, 11) is 0. The molecular formula is C31H42N2O4S. The van der Waals surface area contributed by atoms with Gasteiger partial charge in [0.15, 0.2) is 0 Å². The van der Waals surface area contributed by atoms with Crippen molar-refractivity contribution < 1.29 is 19.4 Å². The first-order chi connectivity index (χ1) is 18.5. The van der Waals surface area contributed by atoms with Crippen LogP contribution in [0.15, 0.2) is 42.5 Å². The Labute approximate surface area is 231 Å². The summed E-state index contributed by atoms with van der Waals surface area (Å²) in [5.41, 5.74) is 4.59. The molecule has 4 rings (SSSR count). The van der Waals surface area contributed by atoms with Crippen LogP contribution < -0.4 is 5.32 Å². The SMILES string of the molecule is CSCC[C@H](NC(=O)c1ccc(CN2CCC[C@@H]2COC2CCCCC2)cc1-c1ccccc1C)C(=O)O. The summed E-state index contributed by atoms with van der Waals surface area (Å²) < 4.78 is 6.33. The quantitative estimate of drug-likeness (QED) is 0.350. The molecule has 1 saturated heterocycles. The van der Waals surface area contributed by atoms with Gasteiger partial charge in [0.05, 0.1) is 12.7 Å². The smallest absolute Gasteiger partial charge is 0.326 e. The standard InChI is InChI=1S/C31H42N2O4S/c1-22-9-6-7-13-26(22)28-19-23(14-15-27(28)30(34)32-29(31(35)36)16-18-38-2)20-33-17-8-10-24(33)21-37-25-11-4-3-5-12-25/h6-7,9,13-15,19,24-25,29H,3-5,8,10-12,16-18,20-21H2,1-2H3,(H,32,34)(H,35,36)/t24-,29+/m1/s1. The molecular weight excluding hydrogens is 496 g/mol. The zero-order chi connectivity index (χ0) is 26.9. The van der Waals surface area contributed by atoms with Crippen LogP contribution in [0.4, 0.5) is 0 Å².